The van der Waals surface area contributed by atoms with Crippen LogP contribution in [-0.2, 0) is 6.18 Å². The lowest BCUT2D eigenvalue weighted by molar-refractivity contribution is -0.138. The molecule has 3 aromatic rings. The molecule has 2 saturated heterocycles. The van der Waals surface area contributed by atoms with Gasteiger partial charge in [-0.25, -0.2) is 10.1 Å². The van der Waals surface area contributed by atoms with Gasteiger partial charge in [-0.05, 0) is 36.8 Å². The third-order valence-corrected chi connectivity index (χ3v) is 7.11. The molecule has 14 heteroatoms. The highest BCUT2D eigenvalue weighted by molar-refractivity contribution is 5.94. The number of nitrogens with zero attached hydrogens (tertiary/aromatic N) is 6. The molecule has 11 nitrogen and oxygen atoms in total. The second kappa shape index (κ2) is 11.5. The van der Waals surface area contributed by atoms with Crippen molar-refractivity contribution in [3.8, 4) is 11.8 Å². The van der Waals surface area contributed by atoms with Crippen LogP contribution in [0.1, 0.15) is 27.9 Å². The van der Waals surface area contributed by atoms with E-state index in [1.165, 1.54) is 11.1 Å². The van der Waals surface area contributed by atoms with E-state index >= 15 is 0 Å². The summed E-state index contributed by atoms with van der Waals surface area (Å²) in [5, 5.41) is 24.5. The van der Waals surface area contributed by atoms with Crippen molar-refractivity contribution in [2.75, 3.05) is 49.1 Å². The summed E-state index contributed by atoms with van der Waals surface area (Å²) in [6.45, 7) is 1.86. The molecule has 1 aromatic carbocycles. The Hall–Kier alpha value is -4.64. The van der Waals surface area contributed by atoms with Gasteiger partial charge in [0, 0.05) is 44.5 Å². The van der Waals surface area contributed by atoms with Gasteiger partial charge in [-0.2, -0.15) is 23.5 Å². The molecule has 2 aliphatic rings. The summed E-state index contributed by atoms with van der Waals surface area (Å²) in [7, 11) is 0. The molecular weight excluding hydrogens is 543 g/mol. The van der Waals surface area contributed by atoms with E-state index in [0.29, 0.717) is 43.1 Å². The Labute approximate surface area is 232 Å². The number of hydrogen-bond acceptors (Lipinski definition) is 9. The van der Waals surface area contributed by atoms with Crippen LogP contribution in [0.2, 0.25) is 0 Å². The summed E-state index contributed by atoms with van der Waals surface area (Å²) in [4.78, 5) is 34.5. The van der Waals surface area contributed by atoms with Crippen molar-refractivity contribution in [1.29, 1.82) is 5.26 Å². The van der Waals surface area contributed by atoms with Crippen LogP contribution in [0.3, 0.4) is 0 Å². The summed E-state index contributed by atoms with van der Waals surface area (Å²) >= 11 is 0. The van der Waals surface area contributed by atoms with Gasteiger partial charge in [0.2, 0.25) is 0 Å². The lowest BCUT2D eigenvalue weighted by atomic mass is 10.1. The zero-order chi connectivity index (χ0) is 29.1. The van der Waals surface area contributed by atoms with Gasteiger partial charge in [-0.3, -0.25) is 9.59 Å². The van der Waals surface area contributed by atoms with Gasteiger partial charge in [-0.1, -0.05) is 6.07 Å². The maximum absolute atomic E-state index is 13.6. The number of carbonyl (C=O) groups excluding carboxylic acids is 1. The number of β-amino-alcohol motifs (C(OH)–C–C–N with tert-alkyl or cyclic N) is 1. The second-order valence-electron chi connectivity index (χ2n) is 9.79. The number of halogens is 3. The summed E-state index contributed by atoms with van der Waals surface area (Å²) < 4.78 is 46.7. The van der Waals surface area contributed by atoms with Crippen molar-refractivity contribution < 1.29 is 27.8 Å². The van der Waals surface area contributed by atoms with E-state index in [-0.39, 0.29) is 25.5 Å². The van der Waals surface area contributed by atoms with Gasteiger partial charge in [0.05, 0.1) is 29.6 Å². The molecule has 2 aliphatic heterocycles. The number of ether oxygens (including phenoxy) is 1. The summed E-state index contributed by atoms with van der Waals surface area (Å²) in [5.41, 5.74) is -2.30. The van der Waals surface area contributed by atoms with Gasteiger partial charge in [0.25, 0.3) is 11.5 Å². The third kappa shape index (κ3) is 6.09. The van der Waals surface area contributed by atoms with E-state index < -0.39 is 35.1 Å². The first-order valence-electron chi connectivity index (χ1n) is 12.9. The van der Waals surface area contributed by atoms with E-state index in [1.807, 2.05) is 16.1 Å². The highest BCUT2D eigenvalue weighted by Gasteiger charge is 2.42. The van der Waals surface area contributed by atoms with Gasteiger partial charge in [0.1, 0.15) is 29.8 Å². The molecule has 2 atom stereocenters. The zero-order valence-electron chi connectivity index (χ0n) is 21.7. The normalized spacial score (nSPS) is 19.2. The first kappa shape index (κ1) is 27.9. The van der Waals surface area contributed by atoms with Gasteiger partial charge >= 0.3 is 6.18 Å². The number of aliphatic hydroxyl groups excluding tert-OH is 1. The largest absolute Gasteiger partial charge is 0.491 e. The van der Waals surface area contributed by atoms with Crippen molar-refractivity contribution in [2.45, 2.75) is 24.7 Å². The number of pyridine rings is 1. The molecule has 2 aromatic heterocycles. The molecule has 1 amide bonds. The zero-order valence-corrected chi connectivity index (χ0v) is 21.7. The van der Waals surface area contributed by atoms with Crippen LogP contribution in [0.15, 0.2) is 53.6 Å². The molecule has 0 spiro atoms. The number of H-pyrrole nitrogens is 1. The molecule has 41 heavy (non-hydrogen) atoms. The maximum atomic E-state index is 13.6. The molecule has 214 valence electrons. The Bertz CT molecular complexity index is 1500. The maximum Gasteiger partial charge on any atom is 0.423 e. The highest BCUT2D eigenvalue weighted by Crippen LogP contribution is 2.36. The van der Waals surface area contributed by atoms with Crippen molar-refractivity contribution in [3.05, 3.63) is 75.8 Å². The average Bonchev–Trinajstić information content (AvgIpc) is 3.35. The smallest absolute Gasteiger partial charge is 0.423 e. The van der Waals surface area contributed by atoms with Crippen molar-refractivity contribution in [3.63, 3.8) is 0 Å². The molecule has 0 saturated carbocycles. The summed E-state index contributed by atoms with van der Waals surface area (Å²) in [5.74, 6) is 0.888. The van der Waals surface area contributed by atoms with Gasteiger partial charge < -0.3 is 24.5 Å². The number of alkyl halides is 3. The number of hydrogen-bond donors (Lipinski definition) is 2. The van der Waals surface area contributed by atoms with Crippen LogP contribution in [0.4, 0.5) is 24.7 Å². The van der Waals surface area contributed by atoms with Crippen LogP contribution in [0, 0.1) is 11.3 Å². The lowest BCUT2D eigenvalue weighted by Gasteiger charge is -2.35. The quantitative estimate of drug-likeness (QED) is 0.457. The molecular formula is C27H26F3N7O4. The fraction of sp³-hybridized carbons (Fsp3) is 0.370. The highest BCUT2D eigenvalue weighted by atomic mass is 19.4. The summed E-state index contributed by atoms with van der Waals surface area (Å²) in [6.07, 6.45) is -3.28. The standard InChI is InChI=1S/C27H26F3N7O4/c28-27(29,30)24-22(14-33-34-25(24)39)37-15-20(38)11-19(37)16-41-21-3-1-2-18(10-21)26(40)36-8-6-35(7-9-36)23-5-4-17(12-31)13-32-23/h1-5,10,13-14,19-20,38H,6-9,11,15-16H2,(H,34,39)/t19?,20-/m1/s1. The molecule has 0 aliphatic carbocycles. The minimum atomic E-state index is -4.91. The molecule has 0 radical (unpaired) electrons. The van der Waals surface area contributed by atoms with Crippen LogP contribution >= 0.6 is 0 Å². The number of nitriles is 1. The van der Waals surface area contributed by atoms with Crippen molar-refractivity contribution in [1.82, 2.24) is 20.1 Å². The number of aromatic amines is 1. The SMILES string of the molecule is N#Cc1ccc(N2CCN(C(=O)c3cccc(OCC4C[C@@H](O)CN4c4cn[nH]c(=O)c4C(F)(F)F)c3)CC2)nc1. The minimum absolute atomic E-state index is 0.0882. The number of aliphatic hydroxyl groups is 1. The topological polar surface area (TPSA) is 139 Å². The van der Waals surface area contributed by atoms with E-state index in [1.54, 1.807) is 41.3 Å². The van der Waals surface area contributed by atoms with Gasteiger partial charge in [-0.15, -0.1) is 0 Å². The lowest BCUT2D eigenvalue weighted by Crippen LogP contribution is -2.49. The summed E-state index contributed by atoms with van der Waals surface area (Å²) in [6, 6.07) is 11.4. The van der Waals surface area contributed by atoms with Crippen LogP contribution in [0.5, 0.6) is 5.75 Å². The van der Waals surface area contributed by atoms with Crippen LogP contribution in [-0.4, -0.2) is 82.6 Å². The van der Waals surface area contributed by atoms with Crippen LogP contribution < -0.4 is 20.1 Å². The molecule has 2 fully saturated rings. The molecule has 0 bridgehead atoms. The monoisotopic (exact) mass is 569 g/mol. The first-order valence-corrected chi connectivity index (χ1v) is 12.9. The number of amides is 1. The fourth-order valence-corrected chi connectivity index (χ4v) is 5.10. The van der Waals surface area contributed by atoms with Crippen molar-refractivity contribution in [2.24, 2.45) is 0 Å². The number of anilines is 2. The Morgan fingerprint density at radius 2 is 1.95 bits per heavy atom. The predicted molar refractivity (Wildman–Crippen MR) is 141 cm³/mol. The average molecular weight is 570 g/mol. The van der Waals surface area contributed by atoms with E-state index in [9.17, 15) is 27.9 Å². The third-order valence-electron chi connectivity index (χ3n) is 7.11. The molecule has 2 N–H and O–H groups in total. The Morgan fingerprint density at radius 3 is 2.63 bits per heavy atom. The fourth-order valence-electron chi connectivity index (χ4n) is 5.10. The van der Waals surface area contributed by atoms with E-state index in [2.05, 4.69) is 10.1 Å². The number of aromatic nitrogens is 3. The van der Waals surface area contributed by atoms with E-state index in [0.717, 1.165) is 12.0 Å². The number of rotatable bonds is 6. The predicted octanol–water partition coefficient (Wildman–Crippen LogP) is 2.04. The van der Waals surface area contributed by atoms with Crippen molar-refractivity contribution >= 4 is 17.4 Å². The van der Waals surface area contributed by atoms with Gasteiger partial charge in [0.15, 0.2) is 0 Å². The van der Waals surface area contributed by atoms with E-state index in [4.69, 9.17) is 10.00 Å². The molecule has 4 heterocycles. The molecule has 1 unspecified atom stereocenters. The number of nitrogens with one attached hydrogen (secondary N) is 1. The Kier molecular flexibility index (Phi) is 7.80. The second-order valence-corrected chi connectivity index (χ2v) is 9.79. The molecule has 5 rings (SSSR count). The Balaban J connectivity index is 1.23. The first-order chi connectivity index (χ1) is 19.6. The van der Waals surface area contributed by atoms with Crippen LogP contribution in [0.25, 0.3) is 0 Å². The number of carbonyl (C=O) groups is 1. The number of piperazine rings is 1. The Morgan fingerprint density at radius 1 is 1.17 bits per heavy atom. The number of benzene rings is 1. The minimum Gasteiger partial charge on any atom is -0.491 e.